The van der Waals surface area contributed by atoms with Gasteiger partial charge < -0.3 is 24.3 Å². The van der Waals surface area contributed by atoms with Crippen molar-refractivity contribution in [2.75, 3.05) is 33.0 Å². The van der Waals surface area contributed by atoms with E-state index < -0.39 is 0 Å². The molecule has 6 nitrogen and oxygen atoms in total. The fourth-order valence-electron chi connectivity index (χ4n) is 3.00. The van der Waals surface area contributed by atoms with Crippen LogP contribution in [-0.2, 0) is 11.2 Å². The molecule has 0 saturated heterocycles. The Morgan fingerprint density at radius 2 is 1.90 bits per heavy atom. The van der Waals surface area contributed by atoms with Gasteiger partial charge in [0.2, 0.25) is 5.91 Å². The number of nitrogens with one attached hydrogen (secondary N) is 1. The van der Waals surface area contributed by atoms with Crippen LogP contribution < -0.4 is 24.3 Å². The Balaban J connectivity index is 1.36. The zero-order valence-corrected chi connectivity index (χ0v) is 17.3. The molecule has 1 heterocycles. The van der Waals surface area contributed by atoms with Crippen LogP contribution >= 0.6 is 11.6 Å². The van der Waals surface area contributed by atoms with Gasteiger partial charge in [0.15, 0.2) is 23.0 Å². The molecule has 0 unspecified atom stereocenters. The highest BCUT2D eigenvalue weighted by atomic mass is 35.5. The van der Waals surface area contributed by atoms with Gasteiger partial charge in [-0.05, 0) is 49.6 Å². The van der Waals surface area contributed by atoms with Crippen LogP contribution in [0, 0.1) is 0 Å². The Labute approximate surface area is 176 Å². The molecule has 0 fully saturated rings. The lowest BCUT2D eigenvalue weighted by atomic mass is 10.1. The van der Waals surface area contributed by atoms with Crippen LogP contribution in [-0.4, -0.2) is 38.9 Å². The summed E-state index contributed by atoms with van der Waals surface area (Å²) in [4.78, 5) is 12.1. The Kier molecular flexibility index (Phi) is 7.87. The number of ether oxygens (including phenoxy) is 4. The lowest BCUT2D eigenvalue weighted by molar-refractivity contribution is -0.121. The minimum absolute atomic E-state index is 0.00432. The van der Waals surface area contributed by atoms with Gasteiger partial charge in [-0.2, -0.15) is 0 Å². The quantitative estimate of drug-likeness (QED) is 0.589. The Morgan fingerprint density at radius 3 is 2.69 bits per heavy atom. The van der Waals surface area contributed by atoms with Crippen molar-refractivity contribution in [3.05, 3.63) is 47.0 Å². The third-order valence-electron chi connectivity index (χ3n) is 4.35. The molecule has 0 aliphatic carbocycles. The van der Waals surface area contributed by atoms with E-state index in [2.05, 4.69) is 5.32 Å². The number of amides is 1. The summed E-state index contributed by atoms with van der Waals surface area (Å²) in [6, 6.07) is 11.3. The standard InChI is InChI=1S/C22H26ClNO5/c1-2-26-18-6-3-4-7-19(18)27-11-5-8-21(25)24-10-9-16-14-17(23)22-20(15-16)28-12-13-29-22/h3-4,6-7,14-15H,2,5,8-13H2,1H3,(H,24,25). The minimum Gasteiger partial charge on any atom is -0.490 e. The zero-order valence-electron chi connectivity index (χ0n) is 16.5. The molecule has 156 valence electrons. The Hall–Kier alpha value is -2.60. The van der Waals surface area contributed by atoms with Gasteiger partial charge in [-0.25, -0.2) is 0 Å². The number of halogens is 1. The summed E-state index contributed by atoms with van der Waals surface area (Å²) in [5.41, 5.74) is 0.996. The first kappa shape index (κ1) is 21.1. The number of hydrogen-bond acceptors (Lipinski definition) is 5. The number of carbonyl (C=O) groups is 1. The first-order valence-corrected chi connectivity index (χ1v) is 10.2. The van der Waals surface area contributed by atoms with Gasteiger partial charge in [0.25, 0.3) is 0 Å². The van der Waals surface area contributed by atoms with Crippen molar-refractivity contribution in [1.82, 2.24) is 5.32 Å². The molecule has 2 aromatic carbocycles. The fourth-order valence-corrected chi connectivity index (χ4v) is 3.29. The smallest absolute Gasteiger partial charge is 0.220 e. The molecule has 0 atom stereocenters. The molecule has 2 aromatic rings. The molecule has 0 spiro atoms. The van der Waals surface area contributed by atoms with E-state index >= 15 is 0 Å². The molecule has 1 aliphatic rings. The maximum atomic E-state index is 12.1. The average molecular weight is 420 g/mol. The summed E-state index contributed by atoms with van der Waals surface area (Å²) in [5, 5.41) is 3.46. The van der Waals surface area contributed by atoms with Crippen molar-refractivity contribution in [3.63, 3.8) is 0 Å². The van der Waals surface area contributed by atoms with Crippen molar-refractivity contribution in [1.29, 1.82) is 0 Å². The normalized spacial score (nSPS) is 12.3. The SMILES string of the molecule is CCOc1ccccc1OCCCC(=O)NCCc1cc(Cl)c2c(c1)OCCO2. The van der Waals surface area contributed by atoms with Gasteiger partial charge in [0, 0.05) is 13.0 Å². The summed E-state index contributed by atoms with van der Waals surface area (Å²) < 4.78 is 22.3. The van der Waals surface area contributed by atoms with E-state index in [1.165, 1.54) is 0 Å². The summed E-state index contributed by atoms with van der Waals surface area (Å²) in [6.07, 6.45) is 1.70. The zero-order chi connectivity index (χ0) is 20.5. The van der Waals surface area contributed by atoms with Gasteiger partial charge >= 0.3 is 0 Å². The first-order valence-electron chi connectivity index (χ1n) is 9.86. The molecule has 7 heteroatoms. The largest absolute Gasteiger partial charge is 0.490 e. The second kappa shape index (κ2) is 10.8. The van der Waals surface area contributed by atoms with E-state index in [9.17, 15) is 4.79 Å². The number of rotatable bonds is 10. The van der Waals surface area contributed by atoms with Crippen LogP contribution in [0.2, 0.25) is 5.02 Å². The molecule has 1 N–H and O–H groups in total. The molecule has 3 rings (SSSR count). The molecule has 0 bridgehead atoms. The molecule has 1 aliphatic heterocycles. The molecule has 0 aromatic heterocycles. The van der Waals surface area contributed by atoms with Gasteiger partial charge in [-0.1, -0.05) is 23.7 Å². The molecule has 1 amide bonds. The van der Waals surface area contributed by atoms with Crippen LogP contribution in [0.1, 0.15) is 25.3 Å². The fraction of sp³-hybridized carbons (Fsp3) is 0.409. The lowest BCUT2D eigenvalue weighted by Gasteiger charge is -2.20. The Morgan fingerprint density at radius 1 is 1.14 bits per heavy atom. The second-order valence-electron chi connectivity index (χ2n) is 6.53. The number of hydrogen-bond donors (Lipinski definition) is 1. The lowest BCUT2D eigenvalue weighted by Crippen LogP contribution is -2.26. The Bertz CT molecular complexity index is 827. The first-order chi connectivity index (χ1) is 14.2. The number of para-hydroxylation sites is 2. The predicted molar refractivity (Wildman–Crippen MR) is 111 cm³/mol. The van der Waals surface area contributed by atoms with Crippen LogP contribution in [0.4, 0.5) is 0 Å². The van der Waals surface area contributed by atoms with Crippen molar-refractivity contribution in [3.8, 4) is 23.0 Å². The van der Waals surface area contributed by atoms with Crippen LogP contribution in [0.3, 0.4) is 0 Å². The van der Waals surface area contributed by atoms with E-state index in [0.717, 1.165) is 11.3 Å². The summed E-state index contributed by atoms with van der Waals surface area (Å²) in [7, 11) is 0. The third kappa shape index (κ3) is 6.19. The van der Waals surface area contributed by atoms with Crippen LogP contribution in [0.15, 0.2) is 36.4 Å². The third-order valence-corrected chi connectivity index (χ3v) is 4.63. The van der Waals surface area contributed by atoms with Crippen LogP contribution in [0.25, 0.3) is 0 Å². The van der Waals surface area contributed by atoms with E-state index in [1.54, 1.807) is 0 Å². The topological polar surface area (TPSA) is 66.0 Å². The van der Waals surface area contributed by atoms with E-state index in [0.29, 0.717) is 74.5 Å². The molecular weight excluding hydrogens is 394 g/mol. The van der Waals surface area contributed by atoms with Gasteiger partial charge in [-0.3, -0.25) is 4.79 Å². The number of fused-ring (bicyclic) bond motifs is 1. The maximum Gasteiger partial charge on any atom is 0.220 e. The highest BCUT2D eigenvalue weighted by Gasteiger charge is 2.16. The van der Waals surface area contributed by atoms with Crippen molar-refractivity contribution in [2.24, 2.45) is 0 Å². The van der Waals surface area contributed by atoms with Gasteiger partial charge in [0.1, 0.15) is 13.2 Å². The molecule has 0 saturated carbocycles. The average Bonchev–Trinajstić information content (AvgIpc) is 2.72. The summed E-state index contributed by atoms with van der Waals surface area (Å²) in [6.45, 7) is 4.51. The highest BCUT2D eigenvalue weighted by Crippen LogP contribution is 2.38. The number of benzene rings is 2. The highest BCUT2D eigenvalue weighted by molar-refractivity contribution is 6.32. The van der Waals surface area contributed by atoms with E-state index in [4.69, 9.17) is 30.5 Å². The predicted octanol–water partition coefficient (Wildman–Crippen LogP) is 4.03. The van der Waals surface area contributed by atoms with Crippen molar-refractivity contribution >= 4 is 17.5 Å². The van der Waals surface area contributed by atoms with Crippen LogP contribution in [0.5, 0.6) is 23.0 Å². The number of carbonyl (C=O) groups excluding carboxylic acids is 1. The maximum absolute atomic E-state index is 12.1. The summed E-state index contributed by atoms with van der Waals surface area (Å²) >= 11 is 6.24. The summed E-state index contributed by atoms with van der Waals surface area (Å²) in [5.74, 6) is 2.67. The van der Waals surface area contributed by atoms with Gasteiger partial charge in [0.05, 0.1) is 18.2 Å². The molecular formula is C22H26ClNO5. The van der Waals surface area contributed by atoms with E-state index in [-0.39, 0.29) is 5.91 Å². The van der Waals surface area contributed by atoms with Crippen molar-refractivity contribution in [2.45, 2.75) is 26.2 Å². The molecule has 0 radical (unpaired) electrons. The van der Waals surface area contributed by atoms with E-state index in [1.807, 2.05) is 43.3 Å². The molecule has 29 heavy (non-hydrogen) atoms. The monoisotopic (exact) mass is 419 g/mol. The van der Waals surface area contributed by atoms with Gasteiger partial charge in [-0.15, -0.1) is 0 Å². The minimum atomic E-state index is -0.00432. The van der Waals surface area contributed by atoms with Crippen molar-refractivity contribution < 1.29 is 23.7 Å². The second-order valence-corrected chi connectivity index (χ2v) is 6.94.